The summed E-state index contributed by atoms with van der Waals surface area (Å²) < 4.78 is 12.7. The minimum atomic E-state index is -0.519. The third-order valence-electron chi connectivity index (χ3n) is 2.16. The topological polar surface area (TPSA) is 53.0 Å². The predicted octanol–water partition coefficient (Wildman–Crippen LogP) is 1.50. The molecular formula is C11H14FN3. The Kier molecular flexibility index (Phi) is 4.07. The van der Waals surface area contributed by atoms with Gasteiger partial charge in [-0.1, -0.05) is 0 Å². The molecule has 15 heavy (non-hydrogen) atoms. The van der Waals surface area contributed by atoms with Gasteiger partial charge in [0.05, 0.1) is 6.07 Å². The smallest absolute Gasteiger partial charge is 0.123 e. The van der Waals surface area contributed by atoms with Crippen molar-refractivity contribution in [2.24, 2.45) is 5.73 Å². The van der Waals surface area contributed by atoms with Crippen LogP contribution in [0.5, 0.6) is 0 Å². The lowest BCUT2D eigenvalue weighted by Crippen LogP contribution is -2.36. The highest BCUT2D eigenvalue weighted by atomic mass is 19.1. The molecule has 80 valence electrons. The van der Waals surface area contributed by atoms with E-state index in [2.05, 4.69) is 0 Å². The number of nitrogens with zero attached hydrogens (tertiary/aromatic N) is 2. The molecule has 0 saturated carbocycles. The van der Waals surface area contributed by atoms with Crippen molar-refractivity contribution in [1.29, 1.82) is 5.26 Å². The lowest BCUT2D eigenvalue weighted by molar-refractivity contribution is 0.627. The van der Waals surface area contributed by atoms with Gasteiger partial charge in [-0.15, -0.1) is 0 Å². The normalized spacial score (nSPS) is 11.9. The number of likely N-dealkylation sites (N-methyl/N-ethyl adjacent to an activating group) is 1. The molecule has 0 amide bonds. The van der Waals surface area contributed by atoms with Gasteiger partial charge in [0.15, 0.2) is 0 Å². The molecule has 0 fully saturated rings. The molecular weight excluding hydrogens is 193 g/mol. The predicted molar refractivity (Wildman–Crippen MR) is 57.9 cm³/mol. The lowest BCUT2D eigenvalue weighted by atomic mass is 10.2. The summed E-state index contributed by atoms with van der Waals surface area (Å²) in [5, 5.41) is 8.61. The second-order valence-corrected chi connectivity index (χ2v) is 3.25. The number of benzene rings is 1. The van der Waals surface area contributed by atoms with Crippen LogP contribution in [-0.4, -0.2) is 19.1 Å². The van der Waals surface area contributed by atoms with Gasteiger partial charge in [0, 0.05) is 18.8 Å². The van der Waals surface area contributed by atoms with Crippen LogP contribution in [0.25, 0.3) is 0 Å². The van der Waals surface area contributed by atoms with Gasteiger partial charge >= 0.3 is 0 Å². The Labute approximate surface area is 88.9 Å². The molecule has 0 radical (unpaired) electrons. The maximum absolute atomic E-state index is 12.7. The van der Waals surface area contributed by atoms with Crippen LogP contribution in [0.1, 0.15) is 6.92 Å². The Morgan fingerprint density at radius 3 is 2.53 bits per heavy atom. The van der Waals surface area contributed by atoms with E-state index < -0.39 is 6.04 Å². The monoisotopic (exact) mass is 207 g/mol. The second-order valence-electron chi connectivity index (χ2n) is 3.25. The van der Waals surface area contributed by atoms with E-state index in [-0.39, 0.29) is 5.82 Å². The molecule has 0 aliphatic heterocycles. The van der Waals surface area contributed by atoms with Crippen molar-refractivity contribution >= 4 is 5.69 Å². The average molecular weight is 207 g/mol. The standard InChI is InChI=1S/C11H14FN3/c1-2-15(8-10(14)7-13)11-5-3-9(12)4-6-11/h3-6,10H,2,8,14H2,1H3. The van der Waals surface area contributed by atoms with Gasteiger partial charge in [-0.2, -0.15) is 5.26 Å². The summed E-state index contributed by atoms with van der Waals surface area (Å²) in [5.41, 5.74) is 6.42. The number of anilines is 1. The first-order valence-corrected chi connectivity index (χ1v) is 4.83. The molecule has 1 aromatic rings. The fraction of sp³-hybridized carbons (Fsp3) is 0.364. The highest BCUT2D eigenvalue weighted by Gasteiger charge is 2.08. The van der Waals surface area contributed by atoms with Crippen molar-refractivity contribution in [3.05, 3.63) is 30.1 Å². The molecule has 4 heteroatoms. The first-order valence-electron chi connectivity index (χ1n) is 4.83. The molecule has 0 aliphatic carbocycles. The Morgan fingerprint density at radius 1 is 1.47 bits per heavy atom. The number of hydrogen-bond donors (Lipinski definition) is 1. The maximum Gasteiger partial charge on any atom is 0.123 e. The fourth-order valence-electron chi connectivity index (χ4n) is 1.35. The highest BCUT2D eigenvalue weighted by Crippen LogP contribution is 2.14. The van der Waals surface area contributed by atoms with Gasteiger partial charge < -0.3 is 10.6 Å². The van der Waals surface area contributed by atoms with Crippen LogP contribution < -0.4 is 10.6 Å². The maximum atomic E-state index is 12.7. The van der Waals surface area contributed by atoms with Crippen LogP contribution in [0.2, 0.25) is 0 Å². The van der Waals surface area contributed by atoms with Gasteiger partial charge in [-0.3, -0.25) is 0 Å². The minimum Gasteiger partial charge on any atom is -0.369 e. The summed E-state index contributed by atoms with van der Waals surface area (Å²) in [5.74, 6) is -0.264. The fourth-order valence-corrected chi connectivity index (χ4v) is 1.35. The van der Waals surface area contributed by atoms with Crippen LogP contribution in [0.4, 0.5) is 10.1 Å². The van der Waals surface area contributed by atoms with Crippen molar-refractivity contribution in [1.82, 2.24) is 0 Å². The van der Waals surface area contributed by atoms with E-state index in [0.29, 0.717) is 6.54 Å². The minimum absolute atomic E-state index is 0.264. The van der Waals surface area contributed by atoms with E-state index in [0.717, 1.165) is 12.2 Å². The first-order chi connectivity index (χ1) is 7.17. The van der Waals surface area contributed by atoms with Crippen LogP contribution in [0.15, 0.2) is 24.3 Å². The van der Waals surface area contributed by atoms with Gasteiger partial charge in [-0.25, -0.2) is 4.39 Å². The largest absolute Gasteiger partial charge is 0.369 e. The van der Waals surface area contributed by atoms with E-state index in [4.69, 9.17) is 11.0 Å². The third-order valence-corrected chi connectivity index (χ3v) is 2.16. The SMILES string of the molecule is CCN(CC(N)C#N)c1ccc(F)cc1. The van der Waals surface area contributed by atoms with E-state index in [1.54, 1.807) is 12.1 Å². The van der Waals surface area contributed by atoms with E-state index in [9.17, 15) is 4.39 Å². The quantitative estimate of drug-likeness (QED) is 0.814. The molecule has 0 spiro atoms. The highest BCUT2D eigenvalue weighted by molar-refractivity contribution is 5.46. The summed E-state index contributed by atoms with van der Waals surface area (Å²) in [7, 11) is 0. The van der Waals surface area contributed by atoms with E-state index in [1.165, 1.54) is 12.1 Å². The second kappa shape index (κ2) is 5.32. The molecule has 1 unspecified atom stereocenters. The summed E-state index contributed by atoms with van der Waals surface area (Å²) in [6.45, 7) is 3.16. The van der Waals surface area contributed by atoms with E-state index >= 15 is 0 Å². The Bertz CT molecular complexity index is 342. The Morgan fingerprint density at radius 2 is 2.07 bits per heavy atom. The summed E-state index contributed by atoms with van der Waals surface area (Å²) in [6.07, 6.45) is 0. The van der Waals surface area contributed by atoms with Gasteiger partial charge in [-0.05, 0) is 31.2 Å². The van der Waals surface area contributed by atoms with E-state index in [1.807, 2.05) is 17.9 Å². The number of rotatable bonds is 4. The molecule has 0 bridgehead atoms. The summed E-state index contributed by atoms with van der Waals surface area (Å²) >= 11 is 0. The molecule has 0 aromatic heterocycles. The van der Waals surface area contributed by atoms with Crippen molar-refractivity contribution in [2.45, 2.75) is 13.0 Å². The van der Waals surface area contributed by atoms with Crippen molar-refractivity contribution in [2.75, 3.05) is 18.0 Å². The lowest BCUT2D eigenvalue weighted by Gasteiger charge is -2.23. The van der Waals surface area contributed by atoms with Crippen LogP contribution in [0, 0.1) is 17.1 Å². The van der Waals surface area contributed by atoms with Crippen molar-refractivity contribution < 1.29 is 4.39 Å². The number of nitrogens with two attached hydrogens (primary N) is 1. The molecule has 1 rings (SSSR count). The van der Waals surface area contributed by atoms with Gasteiger partial charge in [0.1, 0.15) is 11.9 Å². The zero-order chi connectivity index (χ0) is 11.3. The number of halogens is 1. The van der Waals surface area contributed by atoms with Crippen LogP contribution in [-0.2, 0) is 0 Å². The van der Waals surface area contributed by atoms with Gasteiger partial charge in [0.25, 0.3) is 0 Å². The zero-order valence-electron chi connectivity index (χ0n) is 8.65. The molecule has 3 nitrogen and oxygen atoms in total. The summed E-state index contributed by atoms with van der Waals surface area (Å²) in [6, 6.07) is 7.62. The average Bonchev–Trinajstić information content (AvgIpc) is 2.27. The van der Waals surface area contributed by atoms with Gasteiger partial charge in [0.2, 0.25) is 0 Å². The van der Waals surface area contributed by atoms with Crippen molar-refractivity contribution in [3.8, 4) is 6.07 Å². The molecule has 1 aromatic carbocycles. The molecule has 0 saturated heterocycles. The molecule has 2 N–H and O–H groups in total. The molecule has 1 atom stereocenters. The summed E-state index contributed by atoms with van der Waals surface area (Å²) in [4.78, 5) is 1.94. The number of hydrogen-bond acceptors (Lipinski definition) is 3. The zero-order valence-corrected chi connectivity index (χ0v) is 8.65. The Balaban J connectivity index is 2.75. The number of nitriles is 1. The van der Waals surface area contributed by atoms with Crippen LogP contribution >= 0.6 is 0 Å². The Hall–Kier alpha value is -1.60. The first kappa shape index (κ1) is 11.5. The molecule has 0 aliphatic rings. The van der Waals surface area contributed by atoms with Crippen LogP contribution in [0.3, 0.4) is 0 Å². The third kappa shape index (κ3) is 3.22. The van der Waals surface area contributed by atoms with Crippen molar-refractivity contribution in [3.63, 3.8) is 0 Å². The molecule has 0 heterocycles.